The molecule has 2 rings (SSSR count). The minimum Gasteiger partial charge on any atom is -0.508 e. The van der Waals surface area contributed by atoms with Gasteiger partial charge < -0.3 is 40.7 Å². The zero-order valence-corrected chi connectivity index (χ0v) is 24.3. The average Bonchev–Trinajstić information content (AvgIpc) is 2.82. The van der Waals surface area contributed by atoms with Crippen molar-refractivity contribution in [2.75, 3.05) is 13.1 Å². The molecule has 0 aliphatic carbocycles. The number of aliphatic hydroxyl groups is 2. The molecule has 4 atom stereocenters. The molecule has 10 nitrogen and oxygen atoms in total. The van der Waals surface area contributed by atoms with Crippen LogP contribution >= 0.6 is 0 Å². The Morgan fingerprint density at radius 3 is 1.65 bits per heavy atom. The number of para-hydroxylation sites is 1. The van der Waals surface area contributed by atoms with E-state index in [1.807, 2.05) is 30.3 Å². The van der Waals surface area contributed by atoms with E-state index in [2.05, 4.69) is 16.0 Å². The predicted octanol–water partition coefficient (Wildman–Crippen LogP) is 3.28. The summed E-state index contributed by atoms with van der Waals surface area (Å²) in [5.74, 6) is 0.0473. The quantitative estimate of drug-likeness (QED) is 0.232. The molecule has 0 aliphatic heterocycles. The van der Waals surface area contributed by atoms with Gasteiger partial charge in [-0.05, 0) is 71.6 Å². The van der Waals surface area contributed by atoms with Gasteiger partial charge >= 0.3 is 12.2 Å². The van der Waals surface area contributed by atoms with Gasteiger partial charge in [0.2, 0.25) is 0 Å². The zero-order chi connectivity index (χ0) is 29.9. The standard InChI is InChI=1S/C30H45N3O7/c1-29(2,3)39-27(37)32-22(16-20-12-8-7-9-13-20)25(35)18-31-19-26(36)23(33-28(38)40-30(4,5)6)17-21-14-10-11-15-24(21)34/h7-15,22-23,25-26,31,34-36H,16-19H2,1-6H3,(H,32,37)(H,33,38)/t22-,23-,25+,26+/m0/s1. The van der Waals surface area contributed by atoms with Gasteiger partial charge in [-0.2, -0.15) is 0 Å². The van der Waals surface area contributed by atoms with E-state index in [1.54, 1.807) is 59.7 Å². The number of aromatic hydroxyl groups is 1. The summed E-state index contributed by atoms with van der Waals surface area (Å²) in [6.45, 7) is 10.5. The number of carbonyl (C=O) groups excluding carboxylic acids is 2. The molecule has 0 heterocycles. The highest BCUT2D eigenvalue weighted by atomic mass is 16.6. The van der Waals surface area contributed by atoms with Crippen LogP contribution < -0.4 is 16.0 Å². The average molecular weight is 560 g/mol. The first-order chi connectivity index (χ1) is 18.6. The molecule has 222 valence electrons. The Morgan fingerprint density at radius 1 is 0.725 bits per heavy atom. The molecule has 0 saturated heterocycles. The third-order valence-corrected chi connectivity index (χ3v) is 5.77. The molecule has 2 aromatic carbocycles. The van der Waals surface area contributed by atoms with Gasteiger partial charge in [-0.3, -0.25) is 0 Å². The molecule has 40 heavy (non-hydrogen) atoms. The van der Waals surface area contributed by atoms with Crippen molar-refractivity contribution in [3.05, 3.63) is 65.7 Å². The first-order valence-electron chi connectivity index (χ1n) is 13.5. The molecule has 0 unspecified atom stereocenters. The minimum atomic E-state index is -1.09. The van der Waals surface area contributed by atoms with E-state index in [0.717, 1.165) is 5.56 Å². The second-order valence-corrected chi connectivity index (χ2v) is 11.8. The molecule has 0 fully saturated rings. The number of hydrogen-bond donors (Lipinski definition) is 6. The van der Waals surface area contributed by atoms with Crippen molar-refractivity contribution < 1.29 is 34.4 Å². The normalized spacial score (nSPS) is 14.9. The summed E-state index contributed by atoms with van der Waals surface area (Å²) in [5.41, 5.74) is 0.0445. The zero-order valence-electron chi connectivity index (χ0n) is 24.3. The van der Waals surface area contributed by atoms with Crippen LogP contribution in [0.5, 0.6) is 5.75 Å². The Labute approximate surface area is 237 Å². The highest BCUT2D eigenvalue weighted by molar-refractivity contribution is 5.68. The second-order valence-electron chi connectivity index (χ2n) is 11.8. The number of benzene rings is 2. The topological polar surface area (TPSA) is 149 Å². The van der Waals surface area contributed by atoms with E-state index in [-0.39, 0.29) is 25.3 Å². The molecular weight excluding hydrogens is 514 g/mol. The number of ether oxygens (including phenoxy) is 2. The fourth-order valence-corrected chi connectivity index (χ4v) is 3.94. The summed E-state index contributed by atoms with van der Waals surface area (Å²) in [5, 5.41) is 40.6. The van der Waals surface area contributed by atoms with Crippen LogP contribution in [0.15, 0.2) is 54.6 Å². The Bertz CT molecular complexity index is 1070. The fourth-order valence-electron chi connectivity index (χ4n) is 3.94. The number of aliphatic hydroxyl groups excluding tert-OH is 2. The molecule has 0 aliphatic rings. The molecule has 10 heteroatoms. The van der Waals surface area contributed by atoms with Crippen LogP contribution in [0.4, 0.5) is 9.59 Å². The molecule has 2 amide bonds. The first kappa shape index (κ1) is 32.9. The number of amides is 2. The number of hydrogen-bond acceptors (Lipinski definition) is 8. The van der Waals surface area contributed by atoms with Crippen molar-refractivity contribution in [2.24, 2.45) is 0 Å². The number of phenols is 1. The summed E-state index contributed by atoms with van der Waals surface area (Å²) < 4.78 is 10.7. The largest absolute Gasteiger partial charge is 0.508 e. The molecule has 0 bridgehead atoms. The maximum atomic E-state index is 12.5. The van der Waals surface area contributed by atoms with Crippen LogP contribution in [-0.4, -0.2) is 76.1 Å². The lowest BCUT2D eigenvalue weighted by atomic mass is 9.99. The Morgan fingerprint density at radius 2 is 1.18 bits per heavy atom. The van der Waals surface area contributed by atoms with Gasteiger partial charge in [-0.1, -0.05) is 48.5 Å². The lowest BCUT2D eigenvalue weighted by Crippen LogP contribution is -2.53. The molecule has 6 N–H and O–H groups in total. The smallest absolute Gasteiger partial charge is 0.407 e. The Hall–Kier alpha value is -3.34. The third kappa shape index (κ3) is 12.7. The lowest BCUT2D eigenvalue weighted by molar-refractivity contribution is 0.0399. The Kier molecular flexibility index (Phi) is 12.2. The lowest BCUT2D eigenvalue weighted by Gasteiger charge is -2.29. The van der Waals surface area contributed by atoms with E-state index >= 15 is 0 Å². The fraction of sp³-hybridized carbons (Fsp3) is 0.533. The highest BCUT2D eigenvalue weighted by Gasteiger charge is 2.28. The van der Waals surface area contributed by atoms with Crippen molar-refractivity contribution in [1.82, 2.24) is 16.0 Å². The SMILES string of the molecule is CC(C)(C)OC(=O)N[C@@H](Cc1ccccc1)[C@H](O)CNC[C@@H](O)[C@H](Cc1ccccc1O)NC(=O)OC(C)(C)C. The van der Waals surface area contributed by atoms with Crippen molar-refractivity contribution in [2.45, 2.75) is 89.9 Å². The van der Waals surface area contributed by atoms with Crippen molar-refractivity contribution in [1.29, 1.82) is 0 Å². The summed E-state index contributed by atoms with van der Waals surface area (Å²) in [6, 6.07) is 14.7. The number of phenolic OH excluding ortho intramolecular Hbond substituents is 1. The molecule has 2 aromatic rings. The van der Waals surface area contributed by atoms with Gasteiger partial charge in [0.05, 0.1) is 24.3 Å². The summed E-state index contributed by atoms with van der Waals surface area (Å²) >= 11 is 0. The minimum absolute atomic E-state index is 0.00954. The van der Waals surface area contributed by atoms with Crippen LogP contribution in [0.3, 0.4) is 0 Å². The van der Waals surface area contributed by atoms with Crippen molar-refractivity contribution in [3.8, 4) is 5.75 Å². The summed E-state index contributed by atoms with van der Waals surface area (Å²) in [7, 11) is 0. The molecular formula is C30H45N3O7. The first-order valence-corrected chi connectivity index (χ1v) is 13.5. The van der Waals surface area contributed by atoms with E-state index in [4.69, 9.17) is 9.47 Å². The number of nitrogens with one attached hydrogen (secondary N) is 3. The number of alkyl carbamates (subject to hydrolysis) is 2. The van der Waals surface area contributed by atoms with Crippen LogP contribution in [0.2, 0.25) is 0 Å². The van der Waals surface area contributed by atoms with Crippen LogP contribution in [0.25, 0.3) is 0 Å². The molecule has 0 radical (unpaired) electrons. The number of rotatable bonds is 12. The van der Waals surface area contributed by atoms with Gasteiger partial charge in [0.15, 0.2) is 0 Å². The van der Waals surface area contributed by atoms with Gasteiger partial charge in [0.1, 0.15) is 17.0 Å². The number of carbonyl (C=O) groups is 2. The summed E-state index contributed by atoms with van der Waals surface area (Å²) in [4.78, 5) is 24.9. The van der Waals surface area contributed by atoms with E-state index in [0.29, 0.717) is 12.0 Å². The molecule has 0 spiro atoms. The highest BCUT2D eigenvalue weighted by Crippen LogP contribution is 2.19. The Balaban J connectivity index is 2.06. The maximum absolute atomic E-state index is 12.5. The third-order valence-electron chi connectivity index (χ3n) is 5.77. The van der Waals surface area contributed by atoms with Crippen LogP contribution in [-0.2, 0) is 22.3 Å². The van der Waals surface area contributed by atoms with Gasteiger partial charge in [0, 0.05) is 13.1 Å². The molecule has 0 saturated carbocycles. The molecule has 0 aromatic heterocycles. The van der Waals surface area contributed by atoms with Crippen molar-refractivity contribution in [3.63, 3.8) is 0 Å². The maximum Gasteiger partial charge on any atom is 0.407 e. The van der Waals surface area contributed by atoms with Gasteiger partial charge in [-0.15, -0.1) is 0 Å². The van der Waals surface area contributed by atoms with E-state index < -0.39 is 47.7 Å². The summed E-state index contributed by atoms with van der Waals surface area (Å²) in [6.07, 6.45) is -2.94. The monoisotopic (exact) mass is 559 g/mol. The van der Waals surface area contributed by atoms with Crippen molar-refractivity contribution >= 4 is 12.2 Å². The van der Waals surface area contributed by atoms with Crippen LogP contribution in [0.1, 0.15) is 52.7 Å². The van der Waals surface area contributed by atoms with E-state index in [9.17, 15) is 24.9 Å². The van der Waals surface area contributed by atoms with Crippen LogP contribution in [0, 0.1) is 0 Å². The van der Waals surface area contributed by atoms with Gasteiger partial charge in [0.25, 0.3) is 0 Å². The second kappa shape index (κ2) is 14.9. The predicted molar refractivity (Wildman–Crippen MR) is 153 cm³/mol. The van der Waals surface area contributed by atoms with E-state index in [1.165, 1.54) is 6.07 Å². The van der Waals surface area contributed by atoms with Gasteiger partial charge in [-0.25, -0.2) is 9.59 Å².